The Kier molecular flexibility index (Phi) is 7.62. The van der Waals surface area contributed by atoms with Crippen molar-refractivity contribution in [3.8, 4) is 5.75 Å². The summed E-state index contributed by atoms with van der Waals surface area (Å²) >= 11 is 0. The number of carbonyl (C=O) groups excluding carboxylic acids is 2. The van der Waals surface area contributed by atoms with Crippen molar-refractivity contribution < 1.29 is 24.2 Å². The quantitative estimate of drug-likeness (QED) is 0.489. The van der Waals surface area contributed by atoms with Crippen LogP contribution in [0.5, 0.6) is 5.75 Å². The molecule has 126 valence electrons. The minimum absolute atomic E-state index is 0.0330. The molecule has 0 heterocycles. The molecule has 0 bridgehead atoms. The van der Waals surface area contributed by atoms with Gasteiger partial charge in [-0.15, -0.1) is 0 Å². The molecule has 1 rings (SSSR count). The monoisotopic (exact) mass is 322 g/mol. The SMILES string of the molecule is COC(=O)/C=C(\Nc1ccccc1OCCO)C(=O)NC(C)C. The average molecular weight is 322 g/mol. The number of benzene rings is 1. The molecule has 0 atom stereocenters. The molecule has 0 aliphatic rings. The van der Waals surface area contributed by atoms with E-state index < -0.39 is 11.9 Å². The summed E-state index contributed by atoms with van der Waals surface area (Å²) in [5.74, 6) is -0.641. The summed E-state index contributed by atoms with van der Waals surface area (Å²) in [6, 6.07) is 6.81. The van der Waals surface area contributed by atoms with Crippen molar-refractivity contribution in [3.05, 3.63) is 36.0 Å². The predicted octanol–water partition coefficient (Wildman–Crippen LogP) is 1.05. The topological polar surface area (TPSA) is 96.9 Å². The minimum Gasteiger partial charge on any atom is -0.489 e. The number of para-hydroxylation sites is 2. The van der Waals surface area contributed by atoms with E-state index in [2.05, 4.69) is 15.4 Å². The van der Waals surface area contributed by atoms with Crippen LogP contribution in [0.1, 0.15) is 13.8 Å². The lowest BCUT2D eigenvalue weighted by Crippen LogP contribution is -2.34. The van der Waals surface area contributed by atoms with Gasteiger partial charge in [0.25, 0.3) is 5.91 Å². The zero-order chi connectivity index (χ0) is 17.2. The first-order chi connectivity index (χ1) is 11.0. The largest absolute Gasteiger partial charge is 0.489 e. The molecule has 0 aliphatic carbocycles. The molecule has 1 amide bonds. The number of rotatable bonds is 8. The summed E-state index contributed by atoms with van der Waals surface area (Å²) in [5.41, 5.74) is 0.528. The molecule has 0 saturated carbocycles. The highest BCUT2D eigenvalue weighted by Crippen LogP contribution is 2.25. The lowest BCUT2D eigenvalue weighted by Gasteiger charge is -2.16. The first-order valence-corrected chi connectivity index (χ1v) is 7.18. The van der Waals surface area contributed by atoms with Gasteiger partial charge in [0.2, 0.25) is 0 Å². The highest BCUT2D eigenvalue weighted by Gasteiger charge is 2.15. The zero-order valence-corrected chi connectivity index (χ0v) is 13.5. The summed E-state index contributed by atoms with van der Waals surface area (Å²) in [6.07, 6.45) is 1.07. The van der Waals surface area contributed by atoms with Gasteiger partial charge in [0.15, 0.2) is 0 Å². The Morgan fingerprint density at radius 3 is 2.61 bits per heavy atom. The fourth-order valence-corrected chi connectivity index (χ4v) is 1.67. The van der Waals surface area contributed by atoms with Crippen LogP contribution in [0.4, 0.5) is 5.69 Å². The molecule has 0 aromatic heterocycles. The zero-order valence-electron chi connectivity index (χ0n) is 13.5. The number of hydrogen-bond acceptors (Lipinski definition) is 6. The average Bonchev–Trinajstić information content (AvgIpc) is 2.52. The van der Waals surface area contributed by atoms with Gasteiger partial charge in [-0.3, -0.25) is 4.79 Å². The van der Waals surface area contributed by atoms with E-state index in [1.54, 1.807) is 24.3 Å². The predicted molar refractivity (Wildman–Crippen MR) is 86.0 cm³/mol. The smallest absolute Gasteiger partial charge is 0.332 e. The summed E-state index contributed by atoms with van der Waals surface area (Å²) in [6.45, 7) is 3.61. The molecular formula is C16H22N2O5. The van der Waals surface area contributed by atoms with Gasteiger partial charge in [-0.2, -0.15) is 0 Å². The van der Waals surface area contributed by atoms with E-state index in [0.717, 1.165) is 6.08 Å². The van der Waals surface area contributed by atoms with Crippen LogP contribution < -0.4 is 15.4 Å². The van der Waals surface area contributed by atoms with Crippen LogP contribution in [0.25, 0.3) is 0 Å². The van der Waals surface area contributed by atoms with Crippen LogP contribution >= 0.6 is 0 Å². The van der Waals surface area contributed by atoms with E-state index in [1.807, 2.05) is 13.8 Å². The molecule has 1 aromatic rings. The number of anilines is 1. The Morgan fingerprint density at radius 2 is 2.00 bits per heavy atom. The number of aliphatic hydroxyl groups excluding tert-OH is 1. The summed E-state index contributed by atoms with van der Waals surface area (Å²) in [4.78, 5) is 23.7. The van der Waals surface area contributed by atoms with E-state index >= 15 is 0 Å². The van der Waals surface area contributed by atoms with Crippen molar-refractivity contribution in [2.75, 3.05) is 25.6 Å². The number of aliphatic hydroxyl groups is 1. The molecule has 1 aromatic carbocycles. The van der Waals surface area contributed by atoms with E-state index in [9.17, 15) is 9.59 Å². The summed E-state index contributed by atoms with van der Waals surface area (Å²) in [5, 5.41) is 14.4. The van der Waals surface area contributed by atoms with Gasteiger partial charge < -0.3 is 25.2 Å². The number of ether oxygens (including phenoxy) is 2. The molecule has 0 saturated heterocycles. The van der Waals surface area contributed by atoms with Gasteiger partial charge in [0, 0.05) is 6.04 Å². The van der Waals surface area contributed by atoms with Crippen molar-refractivity contribution >= 4 is 17.6 Å². The van der Waals surface area contributed by atoms with E-state index in [0.29, 0.717) is 11.4 Å². The van der Waals surface area contributed by atoms with E-state index in [-0.39, 0.29) is 25.0 Å². The van der Waals surface area contributed by atoms with Gasteiger partial charge in [-0.25, -0.2) is 4.79 Å². The number of nitrogens with one attached hydrogen (secondary N) is 2. The first kappa shape index (κ1) is 18.5. The fourth-order valence-electron chi connectivity index (χ4n) is 1.67. The Labute approximate surface area is 135 Å². The highest BCUT2D eigenvalue weighted by atomic mass is 16.5. The van der Waals surface area contributed by atoms with Crippen LogP contribution in [-0.4, -0.2) is 43.3 Å². The lowest BCUT2D eigenvalue weighted by molar-refractivity contribution is -0.135. The molecule has 0 spiro atoms. The normalized spacial score (nSPS) is 11.1. The lowest BCUT2D eigenvalue weighted by atomic mass is 10.2. The van der Waals surface area contributed by atoms with Crippen molar-refractivity contribution in [2.45, 2.75) is 19.9 Å². The number of carbonyl (C=O) groups is 2. The summed E-state index contributed by atoms with van der Waals surface area (Å²) < 4.78 is 9.96. The van der Waals surface area contributed by atoms with Gasteiger partial charge >= 0.3 is 5.97 Å². The number of amides is 1. The van der Waals surface area contributed by atoms with Crippen LogP contribution in [-0.2, 0) is 14.3 Å². The third kappa shape index (κ3) is 6.39. The molecule has 3 N–H and O–H groups in total. The number of hydrogen-bond donors (Lipinski definition) is 3. The van der Waals surface area contributed by atoms with E-state index in [1.165, 1.54) is 7.11 Å². The van der Waals surface area contributed by atoms with Crippen LogP contribution in [0.2, 0.25) is 0 Å². The van der Waals surface area contributed by atoms with Crippen molar-refractivity contribution in [1.82, 2.24) is 5.32 Å². The Morgan fingerprint density at radius 1 is 1.30 bits per heavy atom. The van der Waals surface area contributed by atoms with Gasteiger partial charge in [-0.05, 0) is 26.0 Å². The third-order valence-corrected chi connectivity index (χ3v) is 2.63. The highest BCUT2D eigenvalue weighted by molar-refractivity contribution is 6.02. The van der Waals surface area contributed by atoms with Crippen molar-refractivity contribution in [3.63, 3.8) is 0 Å². The fraction of sp³-hybridized carbons (Fsp3) is 0.375. The molecule has 0 aliphatic heterocycles. The second-order valence-corrected chi connectivity index (χ2v) is 4.90. The molecular weight excluding hydrogens is 300 g/mol. The Hall–Kier alpha value is -2.54. The first-order valence-electron chi connectivity index (χ1n) is 7.18. The van der Waals surface area contributed by atoms with Gasteiger partial charge in [0.05, 0.1) is 25.5 Å². The van der Waals surface area contributed by atoms with Crippen molar-refractivity contribution in [1.29, 1.82) is 0 Å². The maximum Gasteiger partial charge on any atom is 0.332 e. The Bertz CT molecular complexity index is 569. The second kappa shape index (κ2) is 9.47. The third-order valence-electron chi connectivity index (χ3n) is 2.63. The maximum absolute atomic E-state index is 12.2. The number of esters is 1. The standard InChI is InChI=1S/C16H22N2O5/c1-11(2)17-16(21)13(10-15(20)22-3)18-12-6-4-5-7-14(12)23-9-8-19/h4-7,10-11,18-19H,8-9H2,1-3H3,(H,17,21)/b13-10-. The second-order valence-electron chi connectivity index (χ2n) is 4.90. The van der Waals surface area contributed by atoms with Crippen LogP contribution in [0.3, 0.4) is 0 Å². The van der Waals surface area contributed by atoms with Crippen LogP contribution in [0.15, 0.2) is 36.0 Å². The minimum atomic E-state index is -0.653. The van der Waals surface area contributed by atoms with Gasteiger partial charge in [-0.1, -0.05) is 12.1 Å². The number of methoxy groups -OCH3 is 1. The molecule has 0 radical (unpaired) electrons. The van der Waals surface area contributed by atoms with Crippen LogP contribution in [0, 0.1) is 0 Å². The molecule has 7 nitrogen and oxygen atoms in total. The summed E-state index contributed by atoms with van der Waals surface area (Å²) in [7, 11) is 1.23. The molecule has 7 heteroatoms. The maximum atomic E-state index is 12.2. The molecule has 23 heavy (non-hydrogen) atoms. The Balaban J connectivity index is 3.03. The molecule has 0 unspecified atom stereocenters. The van der Waals surface area contributed by atoms with Gasteiger partial charge in [0.1, 0.15) is 18.1 Å². The van der Waals surface area contributed by atoms with E-state index in [4.69, 9.17) is 9.84 Å². The van der Waals surface area contributed by atoms with Crippen molar-refractivity contribution in [2.24, 2.45) is 0 Å². The molecule has 0 fully saturated rings.